The molecule has 0 atom stereocenters. The van der Waals surface area contributed by atoms with Crippen LogP contribution in [-0.2, 0) is 14.4 Å². The molecular formula is C18H15Cl4N3O3. The van der Waals surface area contributed by atoms with E-state index in [1.54, 1.807) is 19.1 Å². The van der Waals surface area contributed by atoms with Crippen LogP contribution in [0.4, 0.5) is 11.4 Å². The van der Waals surface area contributed by atoms with E-state index in [0.717, 1.165) is 6.21 Å². The Morgan fingerprint density at radius 3 is 1.82 bits per heavy atom. The minimum absolute atomic E-state index is 0.225. The maximum Gasteiger partial charge on any atom is 0.242 e. The molecule has 0 bridgehead atoms. The van der Waals surface area contributed by atoms with Crippen molar-refractivity contribution in [2.45, 2.75) is 6.92 Å². The van der Waals surface area contributed by atoms with Gasteiger partial charge in [-0.2, -0.15) is 0 Å². The molecule has 2 rings (SSSR count). The highest BCUT2D eigenvalue weighted by Crippen LogP contribution is 2.27. The summed E-state index contributed by atoms with van der Waals surface area (Å²) in [6.07, 6.45) is 1.09. The second kappa shape index (κ2) is 10.5. The van der Waals surface area contributed by atoms with Crippen molar-refractivity contribution >= 4 is 75.8 Å². The highest BCUT2D eigenvalue weighted by Gasteiger charge is 2.27. The van der Waals surface area contributed by atoms with Crippen LogP contribution in [0.1, 0.15) is 6.92 Å². The van der Waals surface area contributed by atoms with Crippen LogP contribution in [0.2, 0.25) is 20.1 Å². The van der Waals surface area contributed by atoms with E-state index < -0.39 is 17.7 Å². The van der Waals surface area contributed by atoms with E-state index in [9.17, 15) is 9.59 Å². The van der Waals surface area contributed by atoms with Crippen molar-refractivity contribution in [3.8, 4) is 0 Å². The minimum atomic E-state index is -1.31. The molecule has 2 amide bonds. The number of oxime groups is 1. The van der Waals surface area contributed by atoms with Crippen LogP contribution in [0.5, 0.6) is 0 Å². The van der Waals surface area contributed by atoms with Gasteiger partial charge in [0.2, 0.25) is 11.8 Å². The first-order valence-electron chi connectivity index (χ1n) is 7.99. The zero-order valence-electron chi connectivity index (χ0n) is 14.5. The second-order valence-corrected chi connectivity index (χ2v) is 7.06. The van der Waals surface area contributed by atoms with Crippen molar-refractivity contribution in [3.05, 3.63) is 56.5 Å². The quantitative estimate of drug-likeness (QED) is 0.323. The van der Waals surface area contributed by atoms with Crippen LogP contribution >= 0.6 is 46.4 Å². The molecular weight excluding hydrogens is 448 g/mol. The van der Waals surface area contributed by atoms with Crippen LogP contribution in [0.15, 0.2) is 41.6 Å². The predicted octanol–water partition coefficient (Wildman–Crippen LogP) is 5.52. The average molecular weight is 463 g/mol. The molecule has 148 valence electrons. The van der Waals surface area contributed by atoms with Crippen molar-refractivity contribution in [1.29, 1.82) is 0 Å². The highest BCUT2D eigenvalue weighted by atomic mass is 35.5. The first-order chi connectivity index (χ1) is 13.3. The monoisotopic (exact) mass is 461 g/mol. The minimum Gasteiger partial charge on any atom is -0.396 e. The van der Waals surface area contributed by atoms with Gasteiger partial charge in [-0.1, -0.05) is 51.6 Å². The number of amides is 2. The summed E-state index contributed by atoms with van der Waals surface area (Å²) in [5.41, 5.74) is 0.589. The summed E-state index contributed by atoms with van der Waals surface area (Å²) in [7, 11) is 0. The molecule has 10 heteroatoms. The number of hydrogen-bond donors (Lipinski definition) is 2. The Bertz CT molecular complexity index is 840. The van der Waals surface area contributed by atoms with E-state index in [-0.39, 0.29) is 16.7 Å². The molecule has 2 N–H and O–H groups in total. The van der Waals surface area contributed by atoms with Gasteiger partial charge >= 0.3 is 0 Å². The average Bonchev–Trinajstić information content (AvgIpc) is 2.63. The van der Waals surface area contributed by atoms with E-state index in [4.69, 9.17) is 51.2 Å². The fraction of sp³-hybridized carbons (Fsp3) is 0.167. The van der Waals surface area contributed by atoms with Gasteiger partial charge in [0, 0.05) is 10.0 Å². The van der Waals surface area contributed by atoms with Crippen molar-refractivity contribution < 1.29 is 14.4 Å². The summed E-state index contributed by atoms with van der Waals surface area (Å²) in [5, 5.41) is 10.0. The lowest BCUT2D eigenvalue weighted by Crippen LogP contribution is -2.35. The molecule has 0 saturated carbocycles. The number of carbonyl (C=O) groups excluding carboxylic acids is 2. The molecule has 0 aliphatic heterocycles. The van der Waals surface area contributed by atoms with Gasteiger partial charge in [0.25, 0.3) is 0 Å². The van der Waals surface area contributed by atoms with Crippen LogP contribution in [0, 0.1) is 5.92 Å². The molecule has 0 radical (unpaired) electrons. The maximum atomic E-state index is 12.7. The molecule has 0 fully saturated rings. The van der Waals surface area contributed by atoms with Gasteiger partial charge in [0.1, 0.15) is 6.61 Å². The zero-order valence-corrected chi connectivity index (χ0v) is 17.5. The first kappa shape index (κ1) is 22.3. The Morgan fingerprint density at radius 1 is 0.964 bits per heavy atom. The number of benzene rings is 2. The number of rotatable bonds is 7. The number of halogens is 4. The molecule has 2 aromatic rings. The first-order valence-corrected chi connectivity index (χ1v) is 9.50. The summed E-state index contributed by atoms with van der Waals surface area (Å²) in [5.74, 6) is -2.66. The van der Waals surface area contributed by atoms with Gasteiger partial charge in [-0.05, 0) is 43.3 Å². The molecule has 0 unspecified atom stereocenters. The van der Waals surface area contributed by atoms with E-state index in [1.807, 2.05) is 0 Å². The predicted molar refractivity (Wildman–Crippen MR) is 114 cm³/mol. The smallest absolute Gasteiger partial charge is 0.242 e. The lowest BCUT2D eigenvalue weighted by molar-refractivity contribution is -0.126. The molecule has 0 aromatic heterocycles. The second-order valence-electron chi connectivity index (χ2n) is 5.38. The summed E-state index contributed by atoms with van der Waals surface area (Å²) in [4.78, 5) is 30.2. The third-order valence-corrected chi connectivity index (χ3v) is 4.45. The van der Waals surface area contributed by atoms with Gasteiger partial charge < -0.3 is 15.5 Å². The Kier molecular flexibility index (Phi) is 8.38. The van der Waals surface area contributed by atoms with Crippen LogP contribution in [-0.4, -0.2) is 24.6 Å². The standard InChI is InChI=1S/C18H15Cl4N3O3/c1-2-28-23-9-12(17(26)24-15-5-3-10(19)7-13(15)21)18(27)25-16-6-4-11(20)8-14(16)22/h3-9,12H,2H2,1H3,(H,24,26)(H,25,27)/b23-9+. The maximum absolute atomic E-state index is 12.7. The van der Waals surface area contributed by atoms with Gasteiger partial charge in [-0.3, -0.25) is 9.59 Å². The van der Waals surface area contributed by atoms with E-state index in [0.29, 0.717) is 21.4 Å². The van der Waals surface area contributed by atoms with Crippen molar-refractivity contribution in [3.63, 3.8) is 0 Å². The SMILES string of the molecule is CCO/N=C/C(C(=O)Nc1ccc(Cl)cc1Cl)C(=O)Nc1ccc(Cl)cc1Cl. The Hall–Kier alpha value is -1.99. The summed E-state index contributed by atoms with van der Waals surface area (Å²) >= 11 is 23.8. The molecule has 6 nitrogen and oxygen atoms in total. The number of nitrogens with one attached hydrogen (secondary N) is 2. The highest BCUT2D eigenvalue weighted by molar-refractivity contribution is 6.38. The summed E-state index contributed by atoms with van der Waals surface area (Å²) in [6.45, 7) is 1.99. The van der Waals surface area contributed by atoms with Gasteiger partial charge in [0.15, 0.2) is 5.92 Å². The number of nitrogens with zero attached hydrogens (tertiary/aromatic N) is 1. The molecule has 28 heavy (non-hydrogen) atoms. The molecule has 0 spiro atoms. The lowest BCUT2D eigenvalue weighted by Gasteiger charge is -2.15. The van der Waals surface area contributed by atoms with Gasteiger partial charge in [-0.25, -0.2) is 0 Å². The number of anilines is 2. The fourth-order valence-electron chi connectivity index (χ4n) is 2.04. The molecule has 2 aromatic carbocycles. The number of hydrogen-bond acceptors (Lipinski definition) is 4. The normalized spacial score (nSPS) is 10.9. The zero-order chi connectivity index (χ0) is 20.7. The fourth-order valence-corrected chi connectivity index (χ4v) is 2.95. The van der Waals surface area contributed by atoms with Crippen molar-refractivity contribution in [2.75, 3.05) is 17.2 Å². The molecule has 0 aliphatic carbocycles. The van der Waals surface area contributed by atoms with E-state index >= 15 is 0 Å². The lowest BCUT2D eigenvalue weighted by atomic mass is 10.1. The van der Waals surface area contributed by atoms with Gasteiger partial charge in [0.05, 0.1) is 27.6 Å². The summed E-state index contributed by atoms with van der Waals surface area (Å²) < 4.78 is 0. The third-order valence-electron chi connectivity index (χ3n) is 3.36. The topological polar surface area (TPSA) is 79.8 Å². The third kappa shape index (κ3) is 6.27. The Balaban J connectivity index is 2.22. The van der Waals surface area contributed by atoms with Gasteiger partial charge in [-0.15, -0.1) is 0 Å². The van der Waals surface area contributed by atoms with Crippen molar-refractivity contribution in [2.24, 2.45) is 11.1 Å². The van der Waals surface area contributed by atoms with Crippen LogP contribution in [0.3, 0.4) is 0 Å². The molecule has 0 aliphatic rings. The van der Waals surface area contributed by atoms with Crippen molar-refractivity contribution in [1.82, 2.24) is 0 Å². The summed E-state index contributed by atoms with van der Waals surface area (Å²) in [6, 6.07) is 9.09. The van der Waals surface area contributed by atoms with Crippen LogP contribution < -0.4 is 10.6 Å². The number of carbonyl (C=O) groups is 2. The van der Waals surface area contributed by atoms with Crippen LogP contribution in [0.25, 0.3) is 0 Å². The Labute approximate surface area is 181 Å². The molecule has 0 saturated heterocycles. The largest absolute Gasteiger partial charge is 0.396 e. The Morgan fingerprint density at radius 2 is 1.43 bits per heavy atom. The van der Waals surface area contributed by atoms with E-state index in [1.165, 1.54) is 24.3 Å². The molecule has 0 heterocycles. The van der Waals surface area contributed by atoms with E-state index in [2.05, 4.69) is 15.8 Å².